The van der Waals surface area contributed by atoms with Gasteiger partial charge in [0.05, 0.1) is 6.20 Å². The molecule has 1 rings (SSSR count). The Kier molecular flexibility index (Phi) is 6.36. The van der Waals surface area contributed by atoms with Gasteiger partial charge < -0.3 is 5.32 Å². The molecule has 0 spiro atoms. The van der Waals surface area contributed by atoms with E-state index in [0.29, 0.717) is 5.25 Å². The second-order valence-electron chi connectivity index (χ2n) is 3.53. The third-order valence-corrected chi connectivity index (χ3v) is 3.02. The van der Waals surface area contributed by atoms with Crippen LogP contribution in [0.2, 0.25) is 0 Å². The number of unbranched alkanes of at least 4 members (excludes halogenated alkanes) is 1. The fraction of sp³-hybridized carbons (Fsp3) is 0.636. The number of nitrogens with zero attached hydrogens (tertiary/aromatic N) is 2. The van der Waals surface area contributed by atoms with E-state index in [1.165, 1.54) is 12.8 Å². The maximum atomic E-state index is 4.24. The van der Waals surface area contributed by atoms with Gasteiger partial charge in [-0.05, 0) is 13.0 Å². The molecule has 0 aliphatic carbocycles. The van der Waals surface area contributed by atoms with Gasteiger partial charge in [-0.2, -0.15) is 0 Å². The molecule has 84 valence electrons. The molecule has 1 atom stereocenters. The highest BCUT2D eigenvalue weighted by atomic mass is 32.2. The van der Waals surface area contributed by atoms with Gasteiger partial charge in [-0.1, -0.05) is 20.3 Å². The number of nitrogens with one attached hydrogen (secondary N) is 1. The summed E-state index contributed by atoms with van der Waals surface area (Å²) in [5, 5.41) is 4.98. The van der Waals surface area contributed by atoms with Crippen LogP contribution >= 0.6 is 11.8 Å². The van der Waals surface area contributed by atoms with E-state index in [1.807, 2.05) is 6.20 Å². The van der Waals surface area contributed by atoms with E-state index in [0.717, 1.165) is 18.1 Å². The Balaban J connectivity index is 2.16. The summed E-state index contributed by atoms with van der Waals surface area (Å²) < 4.78 is 0. The molecule has 0 aromatic carbocycles. The summed E-state index contributed by atoms with van der Waals surface area (Å²) >= 11 is 1.77. The van der Waals surface area contributed by atoms with Crippen molar-refractivity contribution < 1.29 is 0 Å². The van der Waals surface area contributed by atoms with Crippen LogP contribution in [0.1, 0.15) is 26.7 Å². The number of hydrogen-bond donors (Lipinski definition) is 1. The van der Waals surface area contributed by atoms with Crippen molar-refractivity contribution in [2.75, 3.05) is 13.1 Å². The van der Waals surface area contributed by atoms with Gasteiger partial charge in [0.2, 0.25) is 0 Å². The van der Waals surface area contributed by atoms with E-state index in [1.54, 1.807) is 24.2 Å². The van der Waals surface area contributed by atoms with Crippen LogP contribution in [0.3, 0.4) is 0 Å². The van der Waals surface area contributed by atoms with E-state index in [4.69, 9.17) is 0 Å². The smallest absolute Gasteiger partial charge is 0.115 e. The molecule has 1 N–H and O–H groups in total. The summed E-state index contributed by atoms with van der Waals surface area (Å²) in [6.07, 6.45) is 7.75. The second kappa shape index (κ2) is 7.65. The highest BCUT2D eigenvalue weighted by Crippen LogP contribution is 2.18. The molecule has 0 amide bonds. The summed E-state index contributed by atoms with van der Waals surface area (Å²) in [4.78, 5) is 8.28. The maximum absolute atomic E-state index is 4.24. The zero-order chi connectivity index (χ0) is 10.9. The number of rotatable bonds is 7. The second-order valence-corrected chi connectivity index (χ2v) is 4.99. The normalized spacial score (nSPS) is 12.7. The average Bonchev–Trinajstić information content (AvgIpc) is 2.26. The van der Waals surface area contributed by atoms with Gasteiger partial charge in [-0.25, -0.2) is 4.98 Å². The minimum absolute atomic E-state index is 0.540. The Morgan fingerprint density at radius 3 is 3.00 bits per heavy atom. The summed E-state index contributed by atoms with van der Waals surface area (Å²) in [6, 6.07) is 0. The molecule has 1 aromatic heterocycles. The van der Waals surface area contributed by atoms with Crippen molar-refractivity contribution in [2.24, 2.45) is 0 Å². The lowest BCUT2D eigenvalue weighted by atomic mass is 10.3. The summed E-state index contributed by atoms with van der Waals surface area (Å²) in [5.41, 5.74) is 0. The first-order chi connectivity index (χ1) is 7.33. The molecular formula is C11H19N3S. The summed E-state index contributed by atoms with van der Waals surface area (Å²) in [7, 11) is 0. The van der Waals surface area contributed by atoms with Gasteiger partial charge in [0, 0.05) is 24.2 Å². The Hall–Kier alpha value is -0.610. The third-order valence-electron chi connectivity index (χ3n) is 2.00. The SMILES string of the molecule is CCCCNCC(C)Sc1cnccn1. The first-order valence-corrected chi connectivity index (χ1v) is 6.34. The van der Waals surface area contributed by atoms with Crippen molar-refractivity contribution in [3.8, 4) is 0 Å². The Morgan fingerprint density at radius 1 is 1.47 bits per heavy atom. The fourth-order valence-corrected chi connectivity index (χ4v) is 2.06. The lowest BCUT2D eigenvalue weighted by Gasteiger charge is -2.10. The molecule has 0 bridgehead atoms. The van der Waals surface area contributed by atoms with Gasteiger partial charge in [-0.15, -0.1) is 11.8 Å². The molecule has 1 aromatic rings. The molecule has 0 aliphatic rings. The molecule has 3 nitrogen and oxygen atoms in total. The third kappa shape index (κ3) is 5.74. The molecule has 1 unspecified atom stereocenters. The number of hydrogen-bond acceptors (Lipinski definition) is 4. The van der Waals surface area contributed by atoms with Crippen LogP contribution in [-0.2, 0) is 0 Å². The monoisotopic (exact) mass is 225 g/mol. The van der Waals surface area contributed by atoms with Crippen LogP contribution < -0.4 is 5.32 Å². The standard InChI is InChI=1S/C11H19N3S/c1-3-4-5-12-8-10(2)15-11-9-13-6-7-14-11/h6-7,9-10,12H,3-5,8H2,1-2H3. The topological polar surface area (TPSA) is 37.8 Å². The molecule has 0 saturated carbocycles. The van der Waals surface area contributed by atoms with E-state index in [2.05, 4.69) is 29.1 Å². The first-order valence-electron chi connectivity index (χ1n) is 5.46. The van der Waals surface area contributed by atoms with Crippen molar-refractivity contribution in [3.05, 3.63) is 18.6 Å². The predicted molar refractivity (Wildman–Crippen MR) is 65.1 cm³/mol. The van der Waals surface area contributed by atoms with Crippen molar-refractivity contribution >= 4 is 11.8 Å². The molecule has 15 heavy (non-hydrogen) atoms. The van der Waals surface area contributed by atoms with Gasteiger partial charge in [0.1, 0.15) is 5.03 Å². The largest absolute Gasteiger partial charge is 0.316 e. The predicted octanol–water partition coefficient (Wildman–Crippen LogP) is 2.35. The number of aromatic nitrogens is 2. The minimum Gasteiger partial charge on any atom is -0.316 e. The zero-order valence-corrected chi connectivity index (χ0v) is 10.3. The van der Waals surface area contributed by atoms with Crippen LogP contribution in [-0.4, -0.2) is 28.3 Å². The first kappa shape index (κ1) is 12.5. The molecule has 1 heterocycles. The van der Waals surface area contributed by atoms with Crippen molar-refractivity contribution in [1.29, 1.82) is 0 Å². The van der Waals surface area contributed by atoms with Crippen LogP contribution in [0.15, 0.2) is 23.6 Å². The maximum Gasteiger partial charge on any atom is 0.115 e. The lowest BCUT2D eigenvalue weighted by Crippen LogP contribution is -2.23. The van der Waals surface area contributed by atoms with Crippen LogP contribution in [0.4, 0.5) is 0 Å². The van der Waals surface area contributed by atoms with Gasteiger partial charge in [0.15, 0.2) is 0 Å². The number of thioether (sulfide) groups is 1. The quantitative estimate of drug-likeness (QED) is 0.571. The van der Waals surface area contributed by atoms with Gasteiger partial charge in [0.25, 0.3) is 0 Å². The van der Waals surface area contributed by atoms with Crippen LogP contribution in [0.5, 0.6) is 0 Å². The summed E-state index contributed by atoms with van der Waals surface area (Å²) in [6.45, 7) is 6.56. The lowest BCUT2D eigenvalue weighted by molar-refractivity contribution is 0.638. The average molecular weight is 225 g/mol. The van der Waals surface area contributed by atoms with Gasteiger partial charge in [-0.3, -0.25) is 4.98 Å². The Labute approximate surface area is 96.1 Å². The fourth-order valence-electron chi connectivity index (χ4n) is 1.20. The van der Waals surface area contributed by atoms with Crippen molar-refractivity contribution in [3.63, 3.8) is 0 Å². The molecule has 0 aliphatic heterocycles. The van der Waals surface area contributed by atoms with E-state index in [9.17, 15) is 0 Å². The van der Waals surface area contributed by atoms with E-state index in [-0.39, 0.29) is 0 Å². The highest BCUT2D eigenvalue weighted by molar-refractivity contribution is 7.99. The van der Waals surface area contributed by atoms with Crippen LogP contribution in [0, 0.1) is 0 Å². The Bertz CT molecular complexity index is 253. The van der Waals surface area contributed by atoms with E-state index < -0.39 is 0 Å². The summed E-state index contributed by atoms with van der Waals surface area (Å²) in [5.74, 6) is 0. The molecule has 0 saturated heterocycles. The molecule has 0 fully saturated rings. The van der Waals surface area contributed by atoms with E-state index >= 15 is 0 Å². The molecular weight excluding hydrogens is 206 g/mol. The molecule has 0 radical (unpaired) electrons. The highest BCUT2D eigenvalue weighted by Gasteiger charge is 2.04. The minimum atomic E-state index is 0.540. The Morgan fingerprint density at radius 2 is 2.33 bits per heavy atom. The van der Waals surface area contributed by atoms with Crippen molar-refractivity contribution in [2.45, 2.75) is 37.0 Å². The molecule has 4 heteroatoms. The van der Waals surface area contributed by atoms with Crippen molar-refractivity contribution in [1.82, 2.24) is 15.3 Å². The zero-order valence-electron chi connectivity index (χ0n) is 9.44. The van der Waals surface area contributed by atoms with Gasteiger partial charge >= 0.3 is 0 Å². The van der Waals surface area contributed by atoms with Crippen LogP contribution in [0.25, 0.3) is 0 Å².